The van der Waals surface area contributed by atoms with Gasteiger partial charge in [-0.1, -0.05) is 18.2 Å². The molecule has 1 fully saturated rings. The van der Waals surface area contributed by atoms with E-state index in [2.05, 4.69) is 21.3 Å². The minimum absolute atomic E-state index is 0.0382. The summed E-state index contributed by atoms with van der Waals surface area (Å²) in [5.74, 6) is -0.803. The Labute approximate surface area is 246 Å². The highest BCUT2D eigenvalue weighted by Gasteiger charge is 2.31. The Hall–Kier alpha value is -4.81. The van der Waals surface area contributed by atoms with Gasteiger partial charge in [0.15, 0.2) is 0 Å². The van der Waals surface area contributed by atoms with Crippen LogP contribution >= 0.6 is 0 Å². The second-order valence-corrected chi connectivity index (χ2v) is 9.86. The topological polar surface area (TPSA) is 106 Å². The zero-order valence-electron chi connectivity index (χ0n) is 23.4. The summed E-state index contributed by atoms with van der Waals surface area (Å²) in [4.78, 5) is 41.9. The van der Waals surface area contributed by atoms with Gasteiger partial charge in [-0.2, -0.15) is 13.2 Å². The molecule has 0 spiro atoms. The van der Waals surface area contributed by atoms with E-state index in [1.807, 2.05) is 4.90 Å². The van der Waals surface area contributed by atoms with Crippen LogP contribution in [0.15, 0.2) is 66.7 Å². The second-order valence-electron chi connectivity index (χ2n) is 9.86. The van der Waals surface area contributed by atoms with Gasteiger partial charge in [-0.3, -0.25) is 4.79 Å². The van der Waals surface area contributed by atoms with E-state index in [1.54, 1.807) is 37.3 Å². The monoisotopic (exact) mass is 600 g/mol. The lowest BCUT2D eigenvalue weighted by molar-refractivity contribution is -0.137. The van der Waals surface area contributed by atoms with Crippen LogP contribution in [0.4, 0.5) is 44.2 Å². The van der Waals surface area contributed by atoms with E-state index in [0.29, 0.717) is 55.1 Å². The standard InChI is InChI=1S/C30H32F4N6O3/c1-2-35-28(42)37-24-11-12-26(25(18-24)27(41)36-19-20-7-9-22(31)10-8-20)39-13-4-14-40(16-15-39)29(43)38-23-6-3-5-21(17-23)30(32,33)34/h3,5-12,17-18H,2,4,13-16,19H2,1H3,(H,36,41)(H,38,43)(H2,35,37,42). The number of anilines is 3. The third-order valence-corrected chi connectivity index (χ3v) is 6.77. The molecule has 0 aromatic heterocycles. The summed E-state index contributed by atoms with van der Waals surface area (Å²) in [5.41, 5.74) is 1.15. The summed E-state index contributed by atoms with van der Waals surface area (Å²) in [7, 11) is 0. The highest BCUT2D eigenvalue weighted by molar-refractivity contribution is 6.02. The third kappa shape index (κ3) is 8.60. The molecule has 0 aliphatic carbocycles. The SMILES string of the molecule is CCNC(=O)Nc1ccc(N2CCCN(C(=O)Nc3cccc(C(F)(F)F)c3)CC2)c(C(=O)NCc2ccc(F)cc2)c1. The summed E-state index contributed by atoms with van der Waals surface area (Å²) in [6.07, 6.45) is -4.00. The van der Waals surface area contributed by atoms with Gasteiger partial charge in [0.05, 0.1) is 11.1 Å². The predicted molar refractivity (Wildman–Crippen MR) is 156 cm³/mol. The van der Waals surface area contributed by atoms with E-state index in [-0.39, 0.29) is 24.6 Å². The van der Waals surface area contributed by atoms with Crippen LogP contribution < -0.4 is 26.2 Å². The van der Waals surface area contributed by atoms with Crippen molar-refractivity contribution in [2.45, 2.75) is 26.1 Å². The van der Waals surface area contributed by atoms with E-state index < -0.39 is 29.7 Å². The Morgan fingerprint density at radius 2 is 1.58 bits per heavy atom. The van der Waals surface area contributed by atoms with Crippen molar-refractivity contribution in [3.05, 3.63) is 89.2 Å². The van der Waals surface area contributed by atoms with Crippen LogP contribution in [0.1, 0.15) is 34.8 Å². The molecule has 228 valence electrons. The maximum Gasteiger partial charge on any atom is 0.416 e. The van der Waals surface area contributed by atoms with Crippen LogP contribution in [-0.4, -0.2) is 55.6 Å². The highest BCUT2D eigenvalue weighted by Crippen LogP contribution is 2.31. The predicted octanol–water partition coefficient (Wildman–Crippen LogP) is 5.66. The van der Waals surface area contributed by atoms with Crippen molar-refractivity contribution in [2.75, 3.05) is 48.3 Å². The molecule has 1 heterocycles. The van der Waals surface area contributed by atoms with Crippen molar-refractivity contribution < 1.29 is 31.9 Å². The first-order valence-corrected chi connectivity index (χ1v) is 13.7. The van der Waals surface area contributed by atoms with Crippen LogP contribution in [-0.2, 0) is 12.7 Å². The van der Waals surface area contributed by atoms with Crippen molar-refractivity contribution in [1.29, 1.82) is 0 Å². The lowest BCUT2D eigenvalue weighted by Crippen LogP contribution is -2.38. The number of carbonyl (C=O) groups is 3. The number of urea groups is 2. The molecule has 0 saturated carbocycles. The van der Waals surface area contributed by atoms with Gasteiger partial charge in [-0.15, -0.1) is 0 Å². The number of nitrogens with zero attached hydrogens (tertiary/aromatic N) is 2. The number of alkyl halides is 3. The van der Waals surface area contributed by atoms with Crippen molar-refractivity contribution in [2.24, 2.45) is 0 Å². The van der Waals surface area contributed by atoms with Gasteiger partial charge in [-0.05, 0) is 67.4 Å². The van der Waals surface area contributed by atoms with Crippen molar-refractivity contribution in [1.82, 2.24) is 15.5 Å². The van der Waals surface area contributed by atoms with Crippen molar-refractivity contribution in [3.8, 4) is 0 Å². The normalized spacial score (nSPS) is 13.6. The second kappa shape index (κ2) is 13.9. The number of hydrogen-bond acceptors (Lipinski definition) is 4. The molecule has 13 heteroatoms. The average Bonchev–Trinajstić information content (AvgIpc) is 3.23. The number of rotatable bonds is 7. The maximum absolute atomic E-state index is 13.4. The van der Waals surface area contributed by atoms with Gasteiger partial charge >= 0.3 is 18.2 Å². The number of nitrogens with one attached hydrogen (secondary N) is 4. The molecule has 4 N–H and O–H groups in total. The van der Waals surface area contributed by atoms with Gasteiger partial charge in [0, 0.05) is 56.3 Å². The molecule has 1 saturated heterocycles. The molecule has 43 heavy (non-hydrogen) atoms. The fraction of sp³-hybridized carbons (Fsp3) is 0.300. The number of amides is 5. The molecule has 5 amide bonds. The third-order valence-electron chi connectivity index (χ3n) is 6.77. The Balaban J connectivity index is 1.49. The smallest absolute Gasteiger partial charge is 0.369 e. The average molecular weight is 601 g/mol. The van der Waals surface area contributed by atoms with Crippen molar-refractivity contribution in [3.63, 3.8) is 0 Å². The van der Waals surface area contributed by atoms with Gasteiger partial charge < -0.3 is 31.1 Å². The minimum Gasteiger partial charge on any atom is -0.369 e. The number of halogens is 4. The molecule has 4 rings (SSSR count). The van der Waals surface area contributed by atoms with Crippen LogP contribution in [0, 0.1) is 5.82 Å². The Morgan fingerprint density at radius 1 is 0.837 bits per heavy atom. The lowest BCUT2D eigenvalue weighted by Gasteiger charge is -2.26. The molecular formula is C30H32F4N6O3. The van der Waals surface area contributed by atoms with E-state index >= 15 is 0 Å². The molecular weight excluding hydrogens is 568 g/mol. The number of carbonyl (C=O) groups excluding carboxylic acids is 3. The van der Waals surface area contributed by atoms with E-state index in [9.17, 15) is 31.9 Å². The van der Waals surface area contributed by atoms with Gasteiger partial charge in [0.25, 0.3) is 5.91 Å². The minimum atomic E-state index is -4.53. The van der Waals surface area contributed by atoms with Crippen molar-refractivity contribution >= 4 is 35.0 Å². The first-order valence-electron chi connectivity index (χ1n) is 13.7. The fourth-order valence-corrected chi connectivity index (χ4v) is 4.62. The molecule has 3 aromatic rings. The first kappa shape index (κ1) is 31.1. The fourth-order valence-electron chi connectivity index (χ4n) is 4.62. The van der Waals surface area contributed by atoms with E-state index in [4.69, 9.17) is 0 Å². The highest BCUT2D eigenvalue weighted by atomic mass is 19.4. The molecule has 0 radical (unpaired) electrons. The maximum atomic E-state index is 13.4. The summed E-state index contributed by atoms with van der Waals surface area (Å²) in [5, 5.41) is 10.7. The molecule has 3 aromatic carbocycles. The molecule has 0 bridgehead atoms. The first-order chi connectivity index (χ1) is 20.5. The van der Waals surface area contributed by atoms with E-state index in [0.717, 1.165) is 12.1 Å². The summed E-state index contributed by atoms with van der Waals surface area (Å²) >= 11 is 0. The molecule has 1 aliphatic rings. The molecule has 9 nitrogen and oxygen atoms in total. The van der Waals surface area contributed by atoms with Gasteiger partial charge in [0.2, 0.25) is 0 Å². The Morgan fingerprint density at radius 3 is 2.30 bits per heavy atom. The Bertz CT molecular complexity index is 1450. The Kier molecular flexibility index (Phi) is 10.1. The quantitative estimate of drug-likeness (QED) is 0.263. The molecule has 0 unspecified atom stereocenters. The van der Waals surface area contributed by atoms with E-state index in [1.165, 1.54) is 29.2 Å². The molecule has 1 aliphatic heterocycles. The van der Waals surface area contributed by atoms with Crippen LogP contribution in [0.25, 0.3) is 0 Å². The molecule has 0 atom stereocenters. The summed E-state index contributed by atoms with van der Waals surface area (Å²) < 4.78 is 52.5. The lowest BCUT2D eigenvalue weighted by atomic mass is 10.1. The summed E-state index contributed by atoms with van der Waals surface area (Å²) in [6, 6.07) is 14.2. The number of hydrogen-bond donors (Lipinski definition) is 4. The zero-order chi connectivity index (χ0) is 31.0. The van der Waals surface area contributed by atoms with Gasteiger partial charge in [-0.25, -0.2) is 14.0 Å². The van der Waals surface area contributed by atoms with Crippen LogP contribution in [0.3, 0.4) is 0 Å². The zero-order valence-corrected chi connectivity index (χ0v) is 23.4. The van der Waals surface area contributed by atoms with Gasteiger partial charge in [0.1, 0.15) is 5.82 Å². The van der Waals surface area contributed by atoms with Crippen LogP contribution in [0.2, 0.25) is 0 Å². The summed E-state index contributed by atoms with van der Waals surface area (Å²) in [6.45, 7) is 3.78. The number of benzene rings is 3. The van der Waals surface area contributed by atoms with Crippen LogP contribution in [0.5, 0.6) is 0 Å². The largest absolute Gasteiger partial charge is 0.416 e.